The molecule has 0 radical (unpaired) electrons. The van der Waals surface area contributed by atoms with Crippen LogP contribution in [-0.2, 0) is 14.3 Å². The fourth-order valence-corrected chi connectivity index (χ4v) is 6.40. The molecule has 2 amide bonds. The third kappa shape index (κ3) is 4.77. The van der Waals surface area contributed by atoms with E-state index in [9.17, 15) is 24.0 Å². The number of fused-ring (bicyclic) bond motifs is 5. The molecule has 3 aromatic carbocycles. The first kappa shape index (κ1) is 26.4. The third-order valence-corrected chi connectivity index (χ3v) is 8.32. The molecule has 1 aliphatic heterocycles. The maximum Gasteiger partial charge on any atom is 0.343 e. The molecule has 9 heteroatoms. The van der Waals surface area contributed by atoms with Gasteiger partial charge in [0.15, 0.2) is 12.4 Å². The Morgan fingerprint density at radius 1 is 0.780 bits per heavy atom. The van der Waals surface area contributed by atoms with E-state index in [1.165, 1.54) is 37.4 Å². The summed E-state index contributed by atoms with van der Waals surface area (Å²) in [5.74, 6) is -1.80. The first-order valence-corrected chi connectivity index (χ1v) is 13.5. The van der Waals surface area contributed by atoms with Crippen LogP contribution in [0.15, 0.2) is 72.8 Å². The van der Waals surface area contributed by atoms with E-state index in [-0.39, 0.29) is 58.0 Å². The number of carbonyl (C=O) groups is 5. The Morgan fingerprint density at radius 3 is 2.15 bits per heavy atom. The minimum atomic E-state index is -0.807. The number of imide groups is 1. The fraction of sp³-hybridized carbons (Fsp3) is 0.281. The molecule has 208 valence electrons. The number of anilines is 1. The Kier molecular flexibility index (Phi) is 6.86. The van der Waals surface area contributed by atoms with Gasteiger partial charge in [-0.25, -0.2) is 14.5 Å². The molecule has 3 aliphatic rings. The van der Waals surface area contributed by atoms with Gasteiger partial charge in [-0.05, 0) is 85.7 Å². The van der Waals surface area contributed by atoms with E-state index < -0.39 is 24.3 Å². The summed E-state index contributed by atoms with van der Waals surface area (Å²) < 4.78 is 15.8. The predicted octanol–water partition coefficient (Wildman–Crippen LogP) is 4.49. The van der Waals surface area contributed by atoms with Gasteiger partial charge < -0.3 is 14.2 Å². The van der Waals surface area contributed by atoms with Crippen molar-refractivity contribution in [2.45, 2.75) is 19.3 Å². The summed E-state index contributed by atoms with van der Waals surface area (Å²) in [4.78, 5) is 65.9. The van der Waals surface area contributed by atoms with Gasteiger partial charge >= 0.3 is 11.9 Å². The van der Waals surface area contributed by atoms with E-state index in [0.29, 0.717) is 11.3 Å². The number of benzene rings is 3. The van der Waals surface area contributed by atoms with Crippen molar-refractivity contribution >= 4 is 35.2 Å². The van der Waals surface area contributed by atoms with Gasteiger partial charge in [0, 0.05) is 5.56 Å². The number of methoxy groups -OCH3 is 1. The summed E-state index contributed by atoms with van der Waals surface area (Å²) in [6.45, 7) is -0.548. The minimum Gasteiger partial charge on any atom is -0.497 e. The third-order valence-electron chi connectivity index (χ3n) is 8.32. The van der Waals surface area contributed by atoms with Gasteiger partial charge in [0.2, 0.25) is 11.8 Å². The second-order valence-electron chi connectivity index (χ2n) is 10.6. The molecule has 0 N–H and O–H groups in total. The van der Waals surface area contributed by atoms with E-state index in [2.05, 4.69) is 0 Å². The summed E-state index contributed by atoms with van der Waals surface area (Å²) in [5.41, 5.74) is 0.801. The van der Waals surface area contributed by atoms with Gasteiger partial charge in [-0.15, -0.1) is 0 Å². The van der Waals surface area contributed by atoms with Gasteiger partial charge in [0.25, 0.3) is 0 Å². The molecular weight excluding hydrogens is 526 g/mol. The van der Waals surface area contributed by atoms with Crippen LogP contribution in [0.3, 0.4) is 0 Å². The molecule has 3 aromatic rings. The molecule has 0 spiro atoms. The number of amides is 2. The highest BCUT2D eigenvalue weighted by molar-refractivity contribution is 6.24. The number of para-hydroxylation sites is 1. The predicted molar refractivity (Wildman–Crippen MR) is 146 cm³/mol. The van der Waals surface area contributed by atoms with Crippen molar-refractivity contribution in [2.24, 2.45) is 23.7 Å². The van der Waals surface area contributed by atoms with Crippen LogP contribution in [0.5, 0.6) is 11.5 Å². The second kappa shape index (κ2) is 10.6. The van der Waals surface area contributed by atoms with Crippen molar-refractivity contribution in [1.29, 1.82) is 0 Å². The van der Waals surface area contributed by atoms with E-state index in [0.717, 1.165) is 24.2 Å². The van der Waals surface area contributed by atoms with Crippen molar-refractivity contribution in [3.05, 3.63) is 89.5 Å². The Bertz CT molecular complexity index is 1530. The van der Waals surface area contributed by atoms with Gasteiger partial charge in [-0.2, -0.15) is 0 Å². The van der Waals surface area contributed by atoms with Gasteiger partial charge in [0.05, 0.1) is 35.8 Å². The number of hydrogen-bond acceptors (Lipinski definition) is 8. The zero-order valence-electron chi connectivity index (χ0n) is 22.3. The average molecular weight is 554 g/mol. The highest BCUT2D eigenvalue weighted by Crippen LogP contribution is 2.56. The average Bonchev–Trinajstić information content (AvgIpc) is 3.69. The summed E-state index contributed by atoms with van der Waals surface area (Å²) in [6, 6.07) is 18.7. The van der Waals surface area contributed by atoms with Crippen LogP contribution in [0.4, 0.5) is 5.69 Å². The molecule has 0 aromatic heterocycles. The van der Waals surface area contributed by atoms with Gasteiger partial charge in [-0.3, -0.25) is 14.4 Å². The Morgan fingerprint density at radius 2 is 1.46 bits per heavy atom. The van der Waals surface area contributed by atoms with E-state index >= 15 is 0 Å². The molecule has 3 fully saturated rings. The van der Waals surface area contributed by atoms with Crippen LogP contribution in [0, 0.1) is 23.7 Å². The summed E-state index contributed by atoms with van der Waals surface area (Å²) in [7, 11) is 1.50. The molecule has 2 aliphatic carbocycles. The van der Waals surface area contributed by atoms with Crippen molar-refractivity contribution in [1.82, 2.24) is 0 Å². The van der Waals surface area contributed by atoms with Crippen molar-refractivity contribution in [3.63, 3.8) is 0 Å². The largest absolute Gasteiger partial charge is 0.497 e. The molecule has 4 unspecified atom stereocenters. The molecule has 2 bridgehead atoms. The minimum absolute atomic E-state index is 0.0501. The lowest BCUT2D eigenvalue weighted by Crippen LogP contribution is -2.34. The molecule has 6 rings (SSSR count). The quantitative estimate of drug-likeness (QED) is 0.173. The smallest absolute Gasteiger partial charge is 0.343 e. The molecule has 4 atom stereocenters. The number of ether oxygens (including phenoxy) is 3. The molecule has 2 saturated carbocycles. The lowest BCUT2D eigenvalue weighted by atomic mass is 9.81. The van der Waals surface area contributed by atoms with Crippen LogP contribution in [-0.4, -0.2) is 43.3 Å². The van der Waals surface area contributed by atoms with Crippen LogP contribution < -0.4 is 14.4 Å². The van der Waals surface area contributed by atoms with Crippen LogP contribution in [0.2, 0.25) is 0 Å². The summed E-state index contributed by atoms with van der Waals surface area (Å²) >= 11 is 0. The molecular formula is C32H27NO8. The number of rotatable bonds is 8. The summed E-state index contributed by atoms with van der Waals surface area (Å²) in [5, 5.41) is 0. The lowest BCUT2D eigenvalue weighted by Gasteiger charge is -2.19. The zero-order valence-corrected chi connectivity index (χ0v) is 22.3. The Hall–Kier alpha value is -4.79. The second-order valence-corrected chi connectivity index (χ2v) is 10.6. The van der Waals surface area contributed by atoms with Crippen molar-refractivity contribution < 1.29 is 38.2 Å². The number of esters is 2. The lowest BCUT2D eigenvalue weighted by molar-refractivity contribution is -0.123. The number of ketones is 1. The first-order chi connectivity index (χ1) is 19.9. The normalized spacial score (nSPS) is 22.4. The van der Waals surface area contributed by atoms with Crippen LogP contribution >= 0.6 is 0 Å². The van der Waals surface area contributed by atoms with E-state index in [1.807, 2.05) is 0 Å². The zero-order chi connectivity index (χ0) is 28.7. The van der Waals surface area contributed by atoms with Crippen LogP contribution in [0.1, 0.15) is 50.3 Å². The van der Waals surface area contributed by atoms with Crippen molar-refractivity contribution in [3.8, 4) is 11.5 Å². The monoisotopic (exact) mass is 553 g/mol. The Balaban J connectivity index is 1.09. The molecule has 9 nitrogen and oxygen atoms in total. The van der Waals surface area contributed by atoms with E-state index in [4.69, 9.17) is 14.2 Å². The first-order valence-electron chi connectivity index (χ1n) is 13.5. The van der Waals surface area contributed by atoms with Gasteiger partial charge in [-0.1, -0.05) is 18.2 Å². The number of carbonyl (C=O) groups excluding carboxylic acids is 5. The van der Waals surface area contributed by atoms with Crippen LogP contribution in [0.25, 0.3) is 0 Å². The highest BCUT2D eigenvalue weighted by atomic mass is 16.5. The topological polar surface area (TPSA) is 116 Å². The SMILES string of the molecule is COc1cccc(C(=O)Oc2ccc(C(=O)COC(=O)c3ccccc3N3C(=O)C4C5CCC(C5)C4C3=O)cc2)c1. The standard InChI is InChI=1S/C32H27NO8/c1-39-23-6-4-5-21(16-23)31(37)41-22-13-11-18(12-14-22)26(34)17-40-32(38)24-7-2-3-8-25(24)33-29(35)27-19-9-10-20(15-19)28(27)30(33)36/h2-8,11-14,16,19-20,27-28H,9-10,15,17H2,1H3. The maximum atomic E-state index is 13.3. The number of nitrogens with zero attached hydrogens (tertiary/aromatic N) is 1. The summed E-state index contributed by atoms with van der Waals surface area (Å²) in [6.07, 6.45) is 2.82. The number of Topliss-reactive ketones (excluding diaryl/α,β-unsaturated/α-hetero) is 1. The van der Waals surface area contributed by atoms with E-state index in [1.54, 1.807) is 42.5 Å². The Labute approximate surface area is 236 Å². The highest BCUT2D eigenvalue weighted by Gasteiger charge is 2.61. The number of hydrogen-bond donors (Lipinski definition) is 0. The molecule has 41 heavy (non-hydrogen) atoms. The molecule has 1 saturated heterocycles. The molecule has 1 heterocycles. The maximum absolute atomic E-state index is 13.3. The van der Waals surface area contributed by atoms with Crippen molar-refractivity contribution in [2.75, 3.05) is 18.6 Å². The fourth-order valence-electron chi connectivity index (χ4n) is 6.40. The van der Waals surface area contributed by atoms with Gasteiger partial charge in [0.1, 0.15) is 11.5 Å².